The Hall–Kier alpha value is -5.54. The number of benzene rings is 8. The van der Waals surface area contributed by atoms with Gasteiger partial charge in [0, 0.05) is 10.5 Å². The van der Waals surface area contributed by atoms with Gasteiger partial charge >= 0.3 is 0 Å². The highest BCUT2D eigenvalue weighted by atomic mass is 33.1. The Morgan fingerprint density at radius 2 is 0.500 bits per heavy atom. The highest BCUT2D eigenvalue weighted by Crippen LogP contribution is 2.56. The van der Waals surface area contributed by atoms with Crippen molar-refractivity contribution < 1.29 is 0 Å². The molecule has 0 saturated heterocycles. The van der Waals surface area contributed by atoms with Gasteiger partial charge in [0.1, 0.15) is 0 Å². The predicted molar refractivity (Wildman–Crippen MR) is 275 cm³/mol. The van der Waals surface area contributed by atoms with Crippen molar-refractivity contribution in [2.24, 2.45) is 0 Å². The fraction of sp³-hybridized carbons (Fsp3) is 0.200. The van der Waals surface area contributed by atoms with Crippen LogP contribution in [0.4, 0.5) is 0 Å². The highest BCUT2D eigenvalue weighted by molar-refractivity contribution is 8.76. The summed E-state index contributed by atoms with van der Waals surface area (Å²) in [6.07, 6.45) is 1.99. The lowest BCUT2D eigenvalue weighted by molar-refractivity contribution is 0.896. The minimum atomic E-state index is 0.222. The minimum absolute atomic E-state index is 0.222. The van der Waals surface area contributed by atoms with Crippen LogP contribution in [0.15, 0.2) is 170 Å². The molecular weight excluding hydrogens is 785 g/mol. The third-order valence-electron chi connectivity index (χ3n) is 12.7. The van der Waals surface area contributed by atoms with Crippen molar-refractivity contribution in [2.75, 3.05) is 0 Å². The lowest BCUT2D eigenvalue weighted by Crippen LogP contribution is -2.04. The molecule has 310 valence electrons. The molecule has 0 aliphatic carbocycles. The molecule has 2 heteroatoms. The first-order chi connectivity index (χ1) is 30.2. The standard InChI is InChI=1S/C60H58S2/c1-9-57(59-53(49-31-19-13-25-41(49)5)35-45(47-29-17-11-23-39(47)3)36-54(59)50-32-20-14-26-42(50)6)61-62-58(10-2)60-55(51-33-21-15-27-43(51)7)37-46(48-30-18-12-24-40(48)4)38-56(60)52-34-22-16-28-44(52)8/h11-38,57-58H,9-10H2,1-8H3/t57-,58-/m1/s1. The van der Waals surface area contributed by atoms with Gasteiger partial charge in [-0.25, -0.2) is 0 Å². The number of hydrogen-bond donors (Lipinski definition) is 0. The second-order valence-corrected chi connectivity index (χ2v) is 19.5. The number of rotatable bonds is 13. The van der Waals surface area contributed by atoms with Crippen molar-refractivity contribution in [3.63, 3.8) is 0 Å². The van der Waals surface area contributed by atoms with E-state index in [1.54, 1.807) is 0 Å². The van der Waals surface area contributed by atoms with Crippen LogP contribution < -0.4 is 0 Å². The van der Waals surface area contributed by atoms with Crippen LogP contribution >= 0.6 is 21.6 Å². The van der Waals surface area contributed by atoms with Gasteiger partial charge in [0.2, 0.25) is 0 Å². The quantitative estimate of drug-likeness (QED) is 0.106. The van der Waals surface area contributed by atoms with Crippen LogP contribution in [0.1, 0.15) is 81.7 Å². The maximum Gasteiger partial charge on any atom is 0.0410 e. The van der Waals surface area contributed by atoms with E-state index in [0.29, 0.717) is 0 Å². The molecule has 0 heterocycles. The molecule has 0 saturated carbocycles. The Morgan fingerprint density at radius 1 is 0.290 bits per heavy atom. The first-order valence-corrected chi connectivity index (χ1v) is 24.5. The molecule has 0 unspecified atom stereocenters. The Balaban J connectivity index is 1.34. The molecule has 0 nitrogen and oxygen atoms in total. The van der Waals surface area contributed by atoms with Crippen LogP contribution in [0.5, 0.6) is 0 Å². The monoisotopic (exact) mass is 842 g/mol. The van der Waals surface area contributed by atoms with Crippen molar-refractivity contribution >= 4 is 21.6 Å². The Morgan fingerprint density at radius 3 is 0.710 bits per heavy atom. The van der Waals surface area contributed by atoms with Crippen molar-refractivity contribution in [1.82, 2.24) is 0 Å². The average molecular weight is 843 g/mol. The minimum Gasteiger partial charge on any atom is -0.0852 e. The molecule has 0 spiro atoms. The van der Waals surface area contributed by atoms with Crippen molar-refractivity contribution in [3.8, 4) is 66.8 Å². The zero-order valence-electron chi connectivity index (χ0n) is 37.6. The van der Waals surface area contributed by atoms with Gasteiger partial charge in [-0.2, -0.15) is 0 Å². The van der Waals surface area contributed by atoms with Crippen LogP contribution in [0.25, 0.3) is 66.8 Å². The lowest BCUT2D eigenvalue weighted by Gasteiger charge is -2.29. The van der Waals surface area contributed by atoms with E-state index in [-0.39, 0.29) is 10.5 Å². The summed E-state index contributed by atoms with van der Waals surface area (Å²) in [4.78, 5) is 0. The average Bonchev–Trinajstić information content (AvgIpc) is 3.28. The van der Waals surface area contributed by atoms with Gasteiger partial charge in [-0.15, -0.1) is 0 Å². The summed E-state index contributed by atoms with van der Waals surface area (Å²) in [5.41, 5.74) is 26.3. The van der Waals surface area contributed by atoms with E-state index in [2.05, 4.69) is 247 Å². The summed E-state index contributed by atoms with van der Waals surface area (Å²) in [6, 6.07) is 63.5. The maximum absolute atomic E-state index is 2.49. The molecule has 0 aliphatic heterocycles. The molecule has 62 heavy (non-hydrogen) atoms. The van der Waals surface area contributed by atoms with Gasteiger partial charge in [0.05, 0.1) is 0 Å². The molecule has 0 aromatic heterocycles. The summed E-state index contributed by atoms with van der Waals surface area (Å²) in [7, 11) is 4.14. The molecule has 8 aromatic carbocycles. The first kappa shape index (κ1) is 43.1. The van der Waals surface area contributed by atoms with Crippen LogP contribution in [0.3, 0.4) is 0 Å². The summed E-state index contributed by atoms with van der Waals surface area (Å²) in [5.74, 6) is 0. The third kappa shape index (κ3) is 8.74. The lowest BCUT2D eigenvalue weighted by atomic mass is 9.83. The van der Waals surface area contributed by atoms with Crippen LogP contribution in [0.2, 0.25) is 0 Å². The highest BCUT2D eigenvalue weighted by Gasteiger charge is 2.28. The molecule has 0 aliphatic rings. The van der Waals surface area contributed by atoms with Gasteiger partial charge in [-0.05, 0) is 190 Å². The summed E-state index contributed by atoms with van der Waals surface area (Å²) in [6.45, 7) is 18.3. The topological polar surface area (TPSA) is 0 Å². The van der Waals surface area contributed by atoms with E-state index in [1.807, 2.05) is 0 Å². The third-order valence-corrected chi connectivity index (χ3v) is 16.1. The second-order valence-electron chi connectivity index (χ2n) is 16.8. The van der Waals surface area contributed by atoms with E-state index in [9.17, 15) is 0 Å². The SMILES string of the molecule is CC[C@@H](SS[C@H](CC)c1c(-c2ccccc2C)cc(-c2ccccc2C)cc1-c1ccccc1C)c1c(-c2ccccc2C)cc(-c2ccccc2C)cc1-c1ccccc1C. The summed E-state index contributed by atoms with van der Waals surface area (Å²) >= 11 is 0. The molecule has 8 aromatic rings. The van der Waals surface area contributed by atoms with Crippen molar-refractivity contribution in [1.29, 1.82) is 0 Å². The molecule has 0 amide bonds. The van der Waals surface area contributed by atoms with E-state index in [1.165, 1.54) is 111 Å². The number of hydrogen-bond acceptors (Lipinski definition) is 2. The Kier molecular flexibility index (Phi) is 13.4. The molecule has 2 atom stereocenters. The van der Waals surface area contributed by atoms with Gasteiger partial charge < -0.3 is 0 Å². The van der Waals surface area contributed by atoms with E-state index >= 15 is 0 Å². The molecule has 8 rings (SSSR count). The van der Waals surface area contributed by atoms with Crippen LogP contribution in [-0.4, -0.2) is 0 Å². The molecule has 0 N–H and O–H groups in total. The second kappa shape index (κ2) is 19.2. The van der Waals surface area contributed by atoms with Gasteiger partial charge in [-0.3, -0.25) is 0 Å². The maximum atomic E-state index is 2.49. The smallest absolute Gasteiger partial charge is 0.0410 e. The largest absolute Gasteiger partial charge is 0.0852 e. The zero-order chi connectivity index (χ0) is 43.3. The fourth-order valence-electron chi connectivity index (χ4n) is 9.27. The fourth-order valence-corrected chi connectivity index (χ4v) is 12.7. The van der Waals surface area contributed by atoms with Gasteiger partial charge in [-0.1, -0.05) is 181 Å². The zero-order valence-corrected chi connectivity index (χ0v) is 39.2. The van der Waals surface area contributed by atoms with Gasteiger partial charge in [0.25, 0.3) is 0 Å². The van der Waals surface area contributed by atoms with E-state index < -0.39 is 0 Å². The van der Waals surface area contributed by atoms with Crippen molar-refractivity contribution in [3.05, 3.63) is 214 Å². The van der Waals surface area contributed by atoms with Crippen LogP contribution in [-0.2, 0) is 0 Å². The molecular formula is C60H58S2. The molecule has 0 radical (unpaired) electrons. The van der Waals surface area contributed by atoms with Crippen LogP contribution in [0, 0.1) is 41.5 Å². The predicted octanol–water partition coefficient (Wildman–Crippen LogP) is 18.5. The Bertz CT molecular complexity index is 2530. The first-order valence-electron chi connectivity index (χ1n) is 22.2. The van der Waals surface area contributed by atoms with Crippen molar-refractivity contribution in [2.45, 2.75) is 78.7 Å². The van der Waals surface area contributed by atoms with E-state index in [0.717, 1.165) is 12.8 Å². The van der Waals surface area contributed by atoms with E-state index in [4.69, 9.17) is 0 Å². The molecule has 0 fully saturated rings. The molecule has 0 bridgehead atoms. The number of aryl methyl sites for hydroxylation is 6. The van der Waals surface area contributed by atoms with Gasteiger partial charge in [0.15, 0.2) is 0 Å². The summed E-state index contributed by atoms with van der Waals surface area (Å²) in [5, 5.41) is 0.443. The normalized spacial score (nSPS) is 12.3. The summed E-state index contributed by atoms with van der Waals surface area (Å²) < 4.78 is 0. The Labute approximate surface area is 379 Å².